The van der Waals surface area contributed by atoms with Crippen molar-refractivity contribution in [2.45, 2.75) is 38.1 Å². The van der Waals surface area contributed by atoms with E-state index in [0.29, 0.717) is 5.41 Å². The van der Waals surface area contributed by atoms with E-state index in [1.54, 1.807) is 0 Å². The van der Waals surface area contributed by atoms with Crippen molar-refractivity contribution in [1.29, 1.82) is 0 Å². The normalized spacial score (nSPS) is 26.4. The molecular weight excluding hydrogens is 240 g/mol. The highest BCUT2D eigenvalue weighted by atomic mass is 32.1. The van der Waals surface area contributed by atoms with E-state index in [2.05, 4.69) is 41.6 Å². The van der Waals surface area contributed by atoms with Gasteiger partial charge in [0.15, 0.2) is 0 Å². The molecule has 1 aromatic heterocycles. The lowest BCUT2D eigenvalue weighted by molar-refractivity contribution is 0.161. The number of hydrogen-bond acceptors (Lipinski definition) is 3. The van der Waals surface area contributed by atoms with Gasteiger partial charge < -0.3 is 5.32 Å². The first-order chi connectivity index (χ1) is 8.65. The summed E-state index contributed by atoms with van der Waals surface area (Å²) in [6.07, 6.45) is 2.89. The molecule has 2 fully saturated rings. The molecule has 0 bridgehead atoms. The third kappa shape index (κ3) is 2.79. The lowest BCUT2D eigenvalue weighted by Gasteiger charge is -2.38. The van der Waals surface area contributed by atoms with Crippen LogP contribution in [0, 0.1) is 5.92 Å². The monoisotopic (exact) mass is 264 g/mol. The van der Waals surface area contributed by atoms with Crippen LogP contribution >= 0.6 is 11.3 Å². The van der Waals surface area contributed by atoms with Gasteiger partial charge in [-0.1, -0.05) is 19.9 Å². The maximum absolute atomic E-state index is 3.69. The molecule has 1 aromatic rings. The standard InChI is InChI=1S/C15H24N2S/c1-15(2,14-4-3-9-18-14)11-17-8-7-16-13(10-17)12-5-6-12/h3-4,9,12-13,16H,5-8,10-11H2,1-2H3. The van der Waals surface area contributed by atoms with Crippen LogP contribution in [0.3, 0.4) is 0 Å². The lowest BCUT2D eigenvalue weighted by atomic mass is 9.90. The van der Waals surface area contributed by atoms with Crippen molar-refractivity contribution in [3.63, 3.8) is 0 Å². The van der Waals surface area contributed by atoms with E-state index in [-0.39, 0.29) is 0 Å². The van der Waals surface area contributed by atoms with Gasteiger partial charge in [-0.15, -0.1) is 11.3 Å². The van der Waals surface area contributed by atoms with E-state index < -0.39 is 0 Å². The number of rotatable bonds is 4. The van der Waals surface area contributed by atoms with E-state index >= 15 is 0 Å². The highest BCUT2D eigenvalue weighted by Gasteiger charge is 2.35. The number of piperazine rings is 1. The smallest absolute Gasteiger partial charge is 0.0223 e. The van der Waals surface area contributed by atoms with Crippen molar-refractivity contribution in [3.8, 4) is 0 Å². The Labute approximate surface area is 114 Å². The zero-order chi connectivity index (χ0) is 12.6. The Balaban J connectivity index is 1.61. The minimum Gasteiger partial charge on any atom is -0.311 e. The Morgan fingerprint density at radius 3 is 2.94 bits per heavy atom. The van der Waals surface area contributed by atoms with E-state index in [9.17, 15) is 0 Å². The molecule has 1 aliphatic carbocycles. The van der Waals surface area contributed by atoms with Gasteiger partial charge >= 0.3 is 0 Å². The molecule has 3 heteroatoms. The predicted octanol–water partition coefficient (Wildman–Crippen LogP) is 2.71. The van der Waals surface area contributed by atoms with Gasteiger partial charge in [-0.25, -0.2) is 0 Å². The number of nitrogens with one attached hydrogen (secondary N) is 1. The Morgan fingerprint density at radius 2 is 2.28 bits per heavy atom. The first-order valence-electron chi connectivity index (χ1n) is 7.15. The van der Waals surface area contributed by atoms with Crippen molar-refractivity contribution in [3.05, 3.63) is 22.4 Å². The first kappa shape index (κ1) is 12.6. The Morgan fingerprint density at radius 1 is 1.44 bits per heavy atom. The molecular formula is C15H24N2S. The maximum Gasteiger partial charge on any atom is 0.0223 e. The van der Waals surface area contributed by atoms with Gasteiger partial charge in [-0.2, -0.15) is 0 Å². The van der Waals surface area contributed by atoms with Crippen LogP contribution < -0.4 is 5.32 Å². The molecule has 2 aliphatic rings. The SMILES string of the molecule is CC(C)(CN1CCNC(C2CC2)C1)c1cccs1. The van der Waals surface area contributed by atoms with E-state index in [1.165, 1.54) is 43.9 Å². The summed E-state index contributed by atoms with van der Waals surface area (Å²) < 4.78 is 0. The van der Waals surface area contributed by atoms with Crippen LogP contribution in [0.4, 0.5) is 0 Å². The molecule has 3 rings (SSSR count). The van der Waals surface area contributed by atoms with Gasteiger partial charge in [-0.3, -0.25) is 4.90 Å². The summed E-state index contributed by atoms with van der Waals surface area (Å²) in [6, 6.07) is 5.22. The highest BCUT2D eigenvalue weighted by molar-refractivity contribution is 7.10. The molecule has 2 heterocycles. The van der Waals surface area contributed by atoms with Gasteiger partial charge in [0.2, 0.25) is 0 Å². The summed E-state index contributed by atoms with van der Waals surface area (Å²) >= 11 is 1.90. The van der Waals surface area contributed by atoms with Crippen LogP contribution in [0.15, 0.2) is 17.5 Å². The zero-order valence-corrected chi connectivity index (χ0v) is 12.3. The molecule has 1 saturated heterocycles. The van der Waals surface area contributed by atoms with Crippen LogP contribution in [0.2, 0.25) is 0 Å². The Kier molecular flexibility index (Phi) is 3.48. The molecule has 100 valence electrons. The molecule has 1 aliphatic heterocycles. The van der Waals surface area contributed by atoms with Crippen LogP contribution in [-0.2, 0) is 5.41 Å². The minimum absolute atomic E-state index is 0.291. The van der Waals surface area contributed by atoms with Gasteiger partial charge in [0, 0.05) is 42.5 Å². The molecule has 18 heavy (non-hydrogen) atoms. The van der Waals surface area contributed by atoms with Crippen LogP contribution in [0.1, 0.15) is 31.6 Å². The summed E-state index contributed by atoms with van der Waals surface area (Å²) in [5, 5.41) is 5.89. The fraction of sp³-hybridized carbons (Fsp3) is 0.733. The summed E-state index contributed by atoms with van der Waals surface area (Å²) in [5.74, 6) is 0.970. The van der Waals surface area contributed by atoms with E-state index in [4.69, 9.17) is 0 Å². The molecule has 1 saturated carbocycles. The molecule has 0 aromatic carbocycles. The van der Waals surface area contributed by atoms with Crippen LogP contribution in [0.25, 0.3) is 0 Å². The third-order valence-electron chi connectivity index (χ3n) is 4.29. The molecule has 1 atom stereocenters. The predicted molar refractivity (Wildman–Crippen MR) is 78.3 cm³/mol. The maximum atomic E-state index is 3.69. The van der Waals surface area contributed by atoms with Crippen LogP contribution in [0.5, 0.6) is 0 Å². The second-order valence-electron chi connectivity index (χ2n) is 6.49. The third-order valence-corrected chi connectivity index (χ3v) is 5.52. The second-order valence-corrected chi connectivity index (χ2v) is 7.44. The average molecular weight is 264 g/mol. The first-order valence-corrected chi connectivity index (χ1v) is 8.03. The molecule has 2 nitrogen and oxygen atoms in total. The average Bonchev–Trinajstić information content (AvgIpc) is 3.03. The molecule has 0 spiro atoms. The van der Waals surface area contributed by atoms with E-state index in [1.807, 2.05) is 11.3 Å². The fourth-order valence-corrected chi connectivity index (χ4v) is 3.95. The summed E-state index contributed by atoms with van der Waals surface area (Å²) in [5.41, 5.74) is 0.291. The summed E-state index contributed by atoms with van der Waals surface area (Å²) in [6.45, 7) is 9.58. The number of thiophene rings is 1. The molecule has 0 amide bonds. The molecule has 0 radical (unpaired) electrons. The largest absolute Gasteiger partial charge is 0.311 e. The van der Waals surface area contributed by atoms with Gasteiger partial charge in [0.25, 0.3) is 0 Å². The Hall–Kier alpha value is -0.380. The lowest BCUT2D eigenvalue weighted by Crippen LogP contribution is -2.54. The van der Waals surface area contributed by atoms with Gasteiger partial charge in [0.1, 0.15) is 0 Å². The van der Waals surface area contributed by atoms with Crippen molar-refractivity contribution in [2.24, 2.45) is 5.92 Å². The van der Waals surface area contributed by atoms with E-state index in [0.717, 1.165) is 12.0 Å². The van der Waals surface area contributed by atoms with Gasteiger partial charge in [0.05, 0.1) is 0 Å². The summed E-state index contributed by atoms with van der Waals surface area (Å²) in [7, 11) is 0. The van der Waals surface area contributed by atoms with Crippen molar-refractivity contribution >= 4 is 11.3 Å². The molecule has 1 unspecified atom stereocenters. The highest BCUT2D eigenvalue weighted by Crippen LogP contribution is 2.34. The van der Waals surface area contributed by atoms with Gasteiger partial charge in [-0.05, 0) is 30.2 Å². The van der Waals surface area contributed by atoms with Crippen molar-refractivity contribution in [2.75, 3.05) is 26.2 Å². The minimum atomic E-state index is 0.291. The topological polar surface area (TPSA) is 15.3 Å². The van der Waals surface area contributed by atoms with Crippen molar-refractivity contribution in [1.82, 2.24) is 10.2 Å². The second kappa shape index (κ2) is 4.95. The summed E-state index contributed by atoms with van der Waals surface area (Å²) in [4.78, 5) is 4.18. The zero-order valence-electron chi connectivity index (χ0n) is 11.5. The fourth-order valence-electron chi connectivity index (χ4n) is 3.10. The van der Waals surface area contributed by atoms with Crippen LogP contribution in [-0.4, -0.2) is 37.1 Å². The van der Waals surface area contributed by atoms with Crippen molar-refractivity contribution < 1.29 is 0 Å². The Bertz CT molecular complexity index is 381. The quantitative estimate of drug-likeness (QED) is 0.899. The molecule has 1 N–H and O–H groups in total. The number of hydrogen-bond donors (Lipinski definition) is 1. The number of nitrogens with zero attached hydrogens (tertiary/aromatic N) is 1.